The van der Waals surface area contributed by atoms with Gasteiger partial charge in [0.05, 0.1) is 0 Å². The van der Waals surface area contributed by atoms with Crippen LogP contribution < -0.4 is 5.32 Å². The first-order chi connectivity index (χ1) is 15.5. The minimum atomic E-state index is -0.494. The van der Waals surface area contributed by atoms with E-state index < -0.39 is 12.1 Å². The zero-order valence-corrected chi connectivity index (χ0v) is 18.8. The third-order valence-electron chi connectivity index (χ3n) is 6.70. The van der Waals surface area contributed by atoms with E-state index in [1.54, 1.807) is 9.80 Å². The van der Waals surface area contributed by atoms with Crippen LogP contribution in [0.25, 0.3) is 0 Å². The van der Waals surface area contributed by atoms with Gasteiger partial charge in [-0.3, -0.25) is 14.4 Å². The van der Waals surface area contributed by atoms with Crippen molar-refractivity contribution in [1.29, 1.82) is 0 Å². The maximum Gasteiger partial charge on any atom is 0.254 e. The monoisotopic (exact) mass is 433 g/mol. The molecule has 2 saturated heterocycles. The molecule has 2 aliphatic heterocycles. The van der Waals surface area contributed by atoms with Crippen molar-refractivity contribution >= 4 is 17.7 Å². The number of amides is 3. The molecule has 2 heterocycles. The first-order valence-corrected chi connectivity index (χ1v) is 11.5. The molecular weight excluding hydrogens is 402 g/mol. The largest absolute Gasteiger partial charge is 0.350 e. The average molecular weight is 434 g/mol. The van der Waals surface area contributed by atoms with Crippen LogP contribution in [0.15, 0.2) is 48.5 Å². The molecule has 0 saturated carbocycles. The van der Waals surface area contributed by atoms with Gasteiger partial charge in [-0.15, -0.1) is 0 Å². The molecule has 168 valence electrons. The molecule has 0 bridgehead atoms. The van der Waals surface area contributed by atoms with Gasteiger partial charge < -0.3 is 15.1 Å². The Bertz CT molecular complexity index is 1000. The number of nitrogens with one attached hydrogen (secondary N) is 1. The highest BCUT2D eigenvalue weighted by Crippen LogP contribution is 2.27. The number of nitrogens with zero attached hydrogens (tertiary/aromatic N) is 2. The quantitative estimate of drug-likeness (QED) is 0.787. The van der Waals surface area contributed by atoms with Gasteiger partial charge in [0.25, 0.3) is 5.91 Å². The number of hydrogen-bond acceptors (Lipinski definition) is 3. The standard InChI is InChI=1S/C26H31N3O3/c1-18-12-13-21(16-19(18)2)25(31)29-15-7-11-23(29)26(32)28-14-6-10-22(28)24(30)27-17-20-8-4-3-5-9-20/h3-5,8-9,12-13,16,22-23H,6-7,10-11,14-15,17H2,1-2H3,(H,27,30)/t22-,23+/m0/s1. The SMILES string of the molecule is Cc1ccc(C(=O)N2CCC[C@@H]2C(=O)N2CCC[C@H]2C(=O)NCc2ccccc2)cc1C. The maximum atomic E-state index is 13.5. The van der Waals surface area contributed by atoms with E-state index in [2.05, 4.69) is 5.32 Å². The smallest absolute Gasteiger partial charge is 0.254 e. The van der Waals surface area contributed by atoms with Gasteiger partial charge in [0.2, 0.25) is 11.8 Å². The highest BCUT2D eigenvalue weighted by Gasteiger charge is 2.42. The highest BCUT2D eigenvalue weighted by atomic mass is 16.2. The van der Waals surface area contributed by atoms with Gasteiger partial charge in [0, 0.05) is 25.2 Å². The summed E-state index contributed by atoms with van der Waals surface area (Å²) in [5.74, 6) is -0.324. The van der Waals surface area contributed by atoms with Crippen molar-refractivity contribution in [2.24, 2.45) is 0 Å². The Morgan fingerprint density at radius 3 is 2.28 bits per heavy atom. The van der Waals surface area contributed by atoms with Crippen LogP contribution in [0.3, 0.4) is 0 Å². The Morgan fingerprint density at radius 1 is 0.875 bits per heavy atom. The van der Waals surface area contributed by atoms with Gasteiger partial charge in [-0.25, -0.2) is 0 Å². The van der Waals surface area contributed by atoms with Crippen LogP contribution in [0.2, 0.25) is 0 Å². The molecule has 6 heteroatoms. The van der Waals surface area contributed by atoms with Crippen molar-refractivity contribution in [3.63, 3.8) is 0 Å². The molecule has 2 fully saturated rings. The van der Waals surface area contributed by atoms with Crippen molar-refractivity contribution in [3.05, 3.63) is 70.8 Å². The van der Waals surface area contributed by atoms with E-state index in [4.69, 9.17) is 0 Å². The van der Waals surface area contributed by atoms with Crippen LogP contribution >= 0.6 is 0 Å². The predicted octanol–water partition coefficient (Wildman–Crippen LogP) is 3.22. The number of likely N-dealkylation sites (tertiary alicyclic amines) is 2. The third-order valence-corrected chi connectivity index (χ3v) is 6.70. The summed E-state index contributed by atoms with van der Waals surface area (Å²) in [6.45, 7) is 5.58. The van der Waals surface area contributed by atoms with Crippen LogP contribution in [-0.4, -0.2) is 52.7 Å². The topological polar surface area (TPSA) is 69.7 Å². The van der Waals surface area contributed by atoms with Crippen LogP contribution in [0.4, 0.5) is 0 Å². The highest BCUT2D eigenvalue weighted by molar-refractivity contribution is 5.99. The lowest BCUT2D eigenvalue weighted by Crippen LogP contribution is -2.52. The van der Waals surface area contributed by atoms with E-state index in [1.165, 1.54) is 0 Å². The Labute approximate surface area is 189 Å². The zero-order valence-electron chi connectivity index (χ0n) is 18.8. The van der Waals surface area contributed by atoms with Crippen molar-refractivity contribution in [3.8, 4) is 0 Å². The molecular formula is C26H31N3O3. The molecule has 0 radical (unpaired) electrons. The van der Waals surface area contributed by atoms with Gasteiger partial charge >= 0.3 is 0 Å². The summed E-state index contributed by atoms with van der Waals surface area (Å²) in [5.41, 5.74) is 3.84. The molecule has 1 N–H and O–H groups in total. The van der Waals surface area contributed by atoms with Crippen LogP contribution in [-0.2, 0) is 16.1 Å². The van der Waals surface area contributed by atoms with Crippen molar-refractivity contribution in [2.45, 2.75) is 58.2 Å². The Morgan fingerprint density at radius 2 is 1.56 bits per heavy atom. The number of aryl methyl sites for hydroxylation is 2. The molecule has 0 unspecified atom stereocenters. The maximum absolute atomic E-state index is 13.5. The van der Waals surface area contributed by atoms with Gasteiger partial charge in [-0.05, 0) is 68.4 Å². The summed E-state index contributed by atoms with van der Waals surface area (Å²) in [4.78, 5) is 42.9. The second-order valence-corrected chi connectivity index (χ2v) is 8.85. The van der Waals surface area contributed by atoms with E-state index in [9.17, 15) is 14.4 Å². The minimum Gasteiger partial charge on any atom is -0.350 e. The number of carbonyl (C=O) groups is 3. The fraction of sp³-hybridized carbons (Fsp3) is 0.423. The minimum absolute atomic E-state index is 0.1000. The van der Waals surface area contributed by atoms with Crippen molar-refractivity contribution < 1.29 is 14.4 Å². The molecule has 4 rings (SSSR count). The zero-order chi connectivity index (χ0) is 22.7. The molecule has 32 heavy (non-hydrogen) atoms. The summed E-state index contributed by atoms with van der Waals surface area (Å²) in [6, 6.07) is 14.5. The molecule has 0 spiro atoms. The number of hydrogen-bond donors (Lipinski definition) is 1. The second-order valence-electron chi connectivity index (χ2n) is 8.85. The molecule has 2 aromatic carbocycles. The molecule has 2 aliphatic rings. The van der Waals surface area contributed by atoms with Crippen molar-refractivity contribution in [2.75, 3.05) is 13.1 Å². The number of carbonyl (C=O) groups excluding carboxylic acids is 3. The first kappa shape index (κ1) is 22.1. The van der Waals surface area contributed by atoms with E-state index in [0.29, 0.717) is 38.0 Å². The fourth-order valence-corrected chi connectivity index (χ4v) is 4.70. The molecule has 2 atom stereocenters. The normalized spacial score (nSPS) is 20.4. The lowest BCUT2D eigenvalue weighted by atomic mass is 10.0. The van der Waals surface area contributed by atoms with Gasteiger partial charge in [0.15, 0.2) is 0 Å². The Kier molecular flexibility index (Phi) is 6.58. The van der Waals surface area contributed by atoms with Crippen LogP contribution in [0.1, 0.15) is 52.7 Å². The molecule has 0 aliphatic carbocycles. The fourth-order valence-electron chi connectivity index (χ4n) is 4.70. The predicted molar refractivity (Wildman–Crippen MR) is 123 cm³/mol. The van der Waals surface area contributed by atoms with Crippen LogP contribution in [0.5, 0.6) is 0 Å². The number of rotatable bonds is 5. The van der Waals surface area contributed by atoms with Crippen molar-refractivity contribution in [1.82, 2.24) is 15.1 Å². The lowest BCUT2D eigenvalue weighted by molar-refractivity contribution is -0.141. The summed E-state index contributed by atoms with van der Waals surface area (Å²) in [5, 5.41) is 2.97. The average Bonchev–Trinajstić information content (AvgIpc) is 3.49. The van der Waals surface area contributed by atoms with E-state index >= 15 is 0 Å². The third kappa shape index (κ3) is 4.54. The molecule has 6 nitrogen and oxygen atoms in total. The van der Waals surface area contributed by atoms with E-state index in [-0.39, 0.29) is 17.7 Å². The Hall–Kier alpha value is -3.15. The van der Waals surface area contributed by atoms with Gasteiger partial charge in [0.1, 0.15) is 12.1 Å². The van der Waals surface area contributed by atoms with E-state index in [0.717, 1.165) is 29.5 Å². The Balaban J connectivity index is 1.44. The van der Waals surface area contributed by atoms with E-state index in [1.807, 2.05) is 62.4 Å². The lowest BCUT2D eigenvalue weighted by Gasteiger charge is -2.31. The second kappa shape index (κ2) is 9.55. The van der Waals surface area contributed by atoms with Gasteiger partial charge in [-0.1, -0.05) is 36.4 Å². The van der Waals surface area contributed by atoms with Gasteiger partial charge in [-0.2, -0.15) is 0 Å². The molecule has 0 aromatic heterocycles. The van der Waals surface area contributed by atoms with Crippen LogP contribution in [0, 0.1) is 13.8 Å². The molecule has 3 amide bonds. The summed E-state index contributed by atoms with van der Waals surface area (Å²) < 4.78 is 0. The first-order valence-electron chi connectivity index (χ1n) is 11.5. The number of benzene rings is 2. The summed E-state index contributed by atoms with van der Waals surface area (Å²) in [7, 11) is 0. The summed E-state index contributed by atoms with van der Waals surface area (Å²) >= 11 is 0. The molecule has 2 aromatic rings. The summed E-state index contributed by atoms with van der Waals surface area (Å²) in [6.07, 6.45) is 2.90.